The molecule has 2 aromatic carbocycles. The summed E-state index contributed by atoms with van der Waals surface area (Å²) in [4.78, 5) is 13.7. The van der Waals surface area contributed by atoms with Crippen molar-refractivity contribution in [1.29, 1.82) is 5.41 Å². The molecule has 0 aromatic heterocycles. The van der Waals surface area contributed by atoms with Crippen molar-refractivity contribution < 1.29 is 4.79 Å². The number of hydrogen-bond acceptors (Lipinski definition) is 4. The lowest BCUT2D eigenvalue weighted by molar-refractivity contribution is 0.260. The second-order valence-electron chi connectivity index (χ2n) is 7.43. The maximum absolute atomic E-state index is 11.7. The van der Waals surface area contributed by atoms with Gasteiger partial charge in [0, 0.05) is 22.8 Å². The van der Waals surface area contributed by atoms with Crippen molar-refractivity contribution in [3.8, 4) is 0 Å². The predicted molar refractivity (Wildman–Crippen MR) is 117 cm³/mol. The fraction of sp³-hybridized carbons (Fsp3) is 0.286. The number of aryl methyl sites for hydroxylation is 1. The number of halogens is 1. The summed E-state index contributed by atoms with van der Waals surface area (Å²) in [5.74, 6) is 0.475. The van der Waals surface area contributed by atoms with Crippen LogP contribution in [0.1, 0.15) is 37.0 Å². The zero-order valence-corrected chi connectivity index (χ0v) is 17.3. The molecule has 0 saturated heterocycles. The smallest absolute Gasteiger partial charge is 0.300 e. The Labute approximate surface area is 173 Å². The number of hydrazone groups is 1. The Balaban J connectivity index is 1.67. The highest BCUT2D eigenvalue weighted by atomic mass is 35.5. The molecule has 1 amide bonds. The van der Waals surface area contributed by atoms with Gasteiger partial charge in [-0.1, -0.05) is 29.4 Å². The molecule has 0 spiro atoms. The van der Waals surface area contributed by atoms with E-state index in [1.165, 1.54) is 17.3 Å². The second kappa shape index (κ2) is 7.26. The Bertz CT molecular complexity index is 984. The molecule has 0 unspecified atom stereocenters. The van der Waals surface area contributed by atoms with E-state index in [9.17, 15) is 4.79 Å². The average Bonchev–Trinajstić information content (AvgIpc) is 2.66. The third-order valence-electron chi connectivity index (χ3n) is 5.04. The van der Waals surface area contributed by atoms with Crippen molar-refractivity contribution in [3.63, 3.8) is 0 Å². The van der Waals surface area contributed by atoms with E-state index in [2.05, 4.69) is 27.6 Å². The summed E-state index contributed by atoms with van der Waals surface area (Å²) >= 11 is 7.23. The van der Waals surface area contributed by atoms with E-state index in [0.29, 0.717) is 10.9 Å². The molecule has 0 saturated carbocycles. The molecule has 2 aliphatic rings. The number of carbonyl (C=O) groups is 1. The first-order valence-electron chi connectivity index (χ1n) is 9.17. The quantitative estimate of drug-likeness (QED) is 0.535. The Morgan fingerprint density at radius 3 is 2.71 bits per heavy atom. The standard InChI is InChI=1S/C21H21ClN4OS/c1-21(2)18(24-25-20(27)28-21)15-7-10-17-14(12-15)4-3-11-26(17)19(23)13-5-8-16(22)9-6-13/h5-10,12,23H,3-4,11H2,1-2H3,(H,25,27). The molecular weight excluding hydrogens is 392 g/mol. The average molecular weight is 413 g/mol. The van der Waals surface area contributed by atoms with Gasteiger partial charge in [-0.2, -0.15) is 5.10 Å². The van der Waals surface area contributed by atoms with Crippen LogP contribution in [0.3, 0.4) is 0 Å². The van der Waals surface area contributed by atoms with E-state index in [4.69, 9.17) is 17.0 Å². The molecule has 2 aromatic rings. The zero-order valence-electron chi connectivity index (χ0n) is 15.8. The highest BCUT2D eigenvalue weighted by Crippen LogP contribution is 2.35. The van der Waals surface area contributed by atoms with E-state index in [-0.39, 0.29) is 9.99 Å². The van der Waals surface area contributed by atoms with E-state index < -0.39 is 0 Å². The fourth-order valence-corrected chi connectivity index (χ4v) is 4.63. The van der Waals surface area contributed by atoms with Crippen molar-refractivity contribution in [3.05, 3.63) is 64.2 Å². The molecular formula is C21H21ClN4OS. The lowest BCUT2D eigenvalue weighted by Crippen LogP contribution is -2.39. The molecule has 2 N–H and O–H groups in total. The van der Waals surface area contributed by atoms with Crippen molar-refractivity contribution in [2.24, 2.45) is 5.10 Å². The third kappa shape index (κ3) is 3.54. The molecule has 7 heteroatoms. The van der Waals surface area contributed by atoms with Crippen molar-refractivity contribution in [1.82, 2.24) is 5.43 Å². The van der Waals surface area contributed by atoms with Crippen LogP contribution in [-0.2, 0) is 6.42 Å². The first-order chi connectivity index (χ1) is 13.3. The highest BCUT2D eigenvalue weighted by molar-refractivity contribution is 8.15. The Hall–Kier alpha value is -2.31. The molecule has 0 radical (unpaired) electrons. The maximum Gasteiger partial charge on any atom is 0.300 e. The summed E-state index contributed by atoms with van der Waals surface area (Å²) in [7, 11) is 0. The minimum Gasteiger partial charge on any atom is -0.326 e. The summed E-state index contributed by atoms with van der Waals surface area (Å²) in [6.07, 6.45) is 1.94. The number of amides is 1. The Morgan fingerprint density at radius 2 is 2.00 bits per heavy atom. The van der Waals surface area contributed by atoms with Crippen LogP contribution in [0.25, 0.3) is 0 Å². The van der Waals surface area contributed by atoms with E-state index >= 15 is 0 Å². The Morgan fingerprint density at radius 1 is 1.25 bits per heavy atom. The predicted octanol–water partition coefficient (Wildman–Crippen LogP) is 5.06. The highest BCUT2D eigenvalue weighted by Gasteiger charge is 2.34. The minimum atomic E-state index is -0.388. The van der Waals surface area contributed by atoms with Crippen molar-refractivity contribution >= 4 is 45.8 Å². The largest absolute Gasteiger partial charge is 0.326 e. The number of carbonyl (C=O) groups excluding carboxylic acids is 1. The van der Waals surface area contributed by atoms with Gasteiger partial charge in [0.2, 0.25) is 0 Å². The lowest BCUT2D eigenvalue weighted by Gasteiger charge is -2.33. The van der Waals surface area contributed by atoms with Crippen LogP contribution in [0, 0.1) is 5.41 Å². The van der Waals surface area contributed by atoms with Gasteiger partial charge in [0.15, 0.2) is 0 Å². The zero-order chi connectivity index (χ0) is 19.9. The molecule has 0 aliphatic carbocycles. The van der Waals surface area contributed by atoms with E-state index in [1.807, 2.05) is 44.2 Å². The van der Waals surface area contributed by atoms with Crippen LogP contribution in [0.2, 0.25) is 5.02 Å². The third-order valence-corrected chi connectivity index (χ3v) is 6.27. The summed E-state index contributed by atoms with van der Waals surface area (Å²) in [5, 5.41) is 13.5. The molecule has 5 nitrogen and oxygen atoms in total. The molecule has 28 heavy (non-hydrogen) atoms. The molecule has 2 aliphatic heterocycles. The topological polar surface area (TPSA) is 68.6 Å². The molecule has 2 heterocycles. The lowest BCUT2D eigenvalue weighted by atomic mass is 9.93. The molecule has 0 fully saturated rings. The molecule has 144 valence electrons. The summed E-state index contributed by atoms with van der Waals surface area (Å²) in [5.41, 5.74) is 7.55. The van der Waals surface area contributed by atoms with Gasteiger partial charge in [-0.15, -0.1) is 0 Å². The number of hydrogen-bond donors (Lipinski definition) is 2. The van der Waals surface area contributed by atoms with Crippen LogP contribution in [0.4, 0.5) is 10.5 Å². The van der Waals surface area contributed by atoms with Crippen molar-refractivity contribution in [2.45, 2.75) is 31.4 Å². The van der Waals surface area contributed by atoms with Crippen LogP contribution in [-0.4, -0.2) is 28.1 Å². The van der Waals surface area contributed by atoms with E-state index in [1.54, 1.807) is 0 Å². The summed E-state index contributed by atoms with van der Waals surface area (Å²) < 4.78 is -0.388. The fourth-order valence-electron chi connectivity index (χ4n) is 3.69. The van der Waals surface area contributed by atoms with Gasteiger partial charge < -0.3 is 4.90 Å². The monoisotopic (exact) mass is 412 g/mol. The SMILES string of the molecule is CC1(C)SC(=O)NN=C1c1ccc2c(c1)CCCN2C(=N)c1ccc(Cl)cc1. The summed E-state index contributed by atoms with van der Waals surface area (Å²) in [6, 6.07) is 13.6. The van der Waals surface area contributed by atoms with E-state index in [0.717, 1.165) is 41.9 Å². The maximum atomic E-state index is 11.7. The first kappa shape index (κ1) is 19.0. The van der Waals surface area contributed by atoms with Crippen LogP contribution in [0.5, 0.6) is 0 Å². The number of fused-ring (bicyclic) bond motifs is 1. The number of anilines is 1. The van der Waals surface area contributed by atoms with Gasteiger partial charge in [-0.3, -0.25) is 10.2 Å². The van der Waals surface area contributed by atoms with Crippen LogP contribution in [0.15, 0.2) is 47.6 Å². The summed E-state index contributed by atoms with van der Waals surface area (Å²) in [6.45, 7) is 4.83. The normalized spacial score (nSPS) is 18.2. The number of thioether (sulfide) groups is 1. The molecule has 0 bridgehead atoms. The van der Waals surface area contributed by atoms with Gasteiger partial charge in [0.05, 0.1) is 10.5 Å². The number of nitrogens with zero attached hydrogens (tertiary/aromatic N) is 2. The number of amidine groups is 1. The minimum absolute atomic E-state index is 0.130. The van der Waals surface area contributed by atoms with Crippen LogP contribution >= 0.6 is 23.4 Å². The van der Waals surface area contributed by atoms with Crippen LogP contribution < -0.4 is 10.3 Å². The van der Waals surface area contributed by atoms with Gasteiger partial charge in [0.1, 0.15) is 5.84 Å². The molecule has 0 atom stereocenters. The number of nitrogens with one attached hydrogen (secondary N) is 2. The molecule has 4 rings (SSSR count). The van der Waals surface area contributed by atoms with Gasteiger partial charge >= 0.3 is 0 Å². The van der Waals surface area contributed by atoms with Gasteiger partial charge in [-0.25, -0.2) is 5.43 Å². The van der Waals surface area contributed by atoms with Crippen molar-refractivity contribution in [2.75, 3.05) is 11.4 Å². The number of rotatable bonds is 2. The number of benzene rings is 2. The van der Waals surface area contributed by atoms with Gasteiger partial charge in [-0.05, 0) is 74.2 Å². The second-order valence-corrected chi connectivity index (χ2v) is 9.46. The van der Waals surface area contributed by atoms with Gasteiger partial charge in [0.25, 0.3) is 5.24 Å². The first-order valence-corrected chi connectivity index (χ1v) is 10.4. The Kier molecular flexibility index (Phi) is 4.93.